The third-order valence-corrected chi connectivity index (χ3v) is 7.08. The number of hydrogen-bond acceptors (Lipinski definition) is 6. The van der Waals surface area contributed by atoms with Crippen LogP contribution in [-0.4, -0.2) is 69.2 Å². The topological polar surface area (TPSA) is 100 Å². The Hall–Kier alpha value is -1.43. The molecule has 0 bridgehead atoms. The summed E-state index contributed by atoms with van der Waals surface area (Å²) in [5, 5.41) is 13.2. The third-order valence-electron chi connectivity index (χ3n) is 4.55. The van der Waals surface area contributed by atoms with E-state index in [0.717, 1.165) is 5.56 Å². The minimum Gasteiger partial charge on any atom is -0.502 e. The molecule has 154 valence electrons. The zero-order valence-electron chi connectivity index (χ0n) is 16.3. The molecule has 0 aromatic heterocycles. The van der Waals surface area contributed by atoms with Crippen molar-refractivity contribution in [2.24, 2.45) is 4.99 Å². The second-order valence-corrected chi connectivity index (χ2v) is 9.49. The lowest BCUT2D eigenvalue weighted by Crippen LogP contribution is -2.57. The fraction of sp³-hybridized carbons (Fsp3) is 0.588. The number of phenolic OH excluding ortho intramolecular Hbond substituents is 1. The van der Waals surface area contributed by atoms with Crippen LogP contribution >= 0.6 is 24.0 Å². The average molecular weight is 513 g/mol. The zero-order chi connectivity index (χ0) is 19.5. The quantitative estimate of drug-likeness (QED) is 0.359. The van der Waals surface area contributed by atoms with Gasteiger partial charge in [-0.2, -0.15) is 0 Å². The van der Waals surface area contributed by atoms with E-state index in [1.54, 1.807) is 33.0 Å². The van der Waals surface area contributed by atoms with Crippen molar-refractivity contribution in [3.8, 4) is 17.2 Å². The highest BCUT2D eigenvalue weighted by molar-refractivity contribution is 14.0. The van der Waals surface area contributed by atoms with Crippen molar-refractivity contribution >= 4 is 39.8 Å². The highest BCUT2D eigenvalue weighted by Crippen LogP contribution is 2.37. The molecule has 1 aliphatic rings. The van der Waals surface area contributed by atoms with Gasteiger partial charge in [0, 0.05) is 26.7 Å². The largest absolute Gasteiger partial charge is 0.502 e. The molecule has 0 radical (unpaired) electrons. The summed E-state index contributed by atoms with van der Waals surface area (Å²) in [4.78, 5) is 6.21. The number of nitrogens with zero attached hydrogens (tertiary/aromatic N) is 2. The van der Waals surface area contributed by atoms with E-state index in [1.165, 1.54) is 14.2 Å². The molecular weight excluding hydrogens is 485 g/mol. The van der Waals surface area contributed by atoms with Crippen LogP contribution in [0, 0.1) is 0 Å². The van der Waals surface area contributed by atoms with Gasteiger partial charge in [-0.25, -0.2) is 8.42 Å². The van der Waals surface area contributed by atoms with Crippen LogP contribution in [0.5, 0.6) is 17.2 Å². The molecule has 1 saturated heterocycles. The van der Waals surface area contributed by atoms with Gasteiger partial charge >= 0.3 is 0 Å². The monoisotopic (exact) mass is 513 g/mol. The molecule has 10 heteroatoms. The molecule has 27 heavy (non-hydrogen) atoms. The number of guanidine groups is 1. The van der Waals surface area contributed by atoms with Crippen molar-refractivity contribution in [3.63, 3.8) is 0 Å². The van der Waals surface area contributed by atoms with Crippen molar-refractivity contribution in [2.45, 2.75) is 25.1 Å². The summed E-state index contributed by atoms with van der Waals surface area (Å²) in [6.45, 7) is 4.66. The van der Waals surface area contributed by atoms with E-state index in [-0.39, 0.29) is 35.5 Å². The highest BCUT2D eigenvalue weighted by atomic mass is 127. The number of ether oxygens (including phenoxy) is 2. The van der Waals surface area contributed by atoms with Gasteiger partial charge in [-0.15, -0.1) is 24.0 Å². The summed E-state index contributed by atoms with van der Waals surface area (Å²) < 4.78 is 33.8. The molecule has 0 atom stereocenters. The van der Waals surface area contributed by atoms with E-state index in [2.05, 4.69) is 10.3 Å². The molecule has 2 N–H and O–H groups in total. The van der Waals surface area contributed by atoms with E-state index >= 15 is 0 Å². The molecule has 0 aliphatic carbocycles. The number of sulfone groups is 1. The van der Waals surface area contributed by atoms with Crippen molar-refractivity contribution < 1.29 is 23.0 Å². The van der Waals surface area contributed by atoms with Crippen LogP contribution in [0.3, 0.4) is 0 Å². The number of methoxy groups -OCH3 is 2. The first-order chi connectivity index (χ1) is 12.1. The second-order valence-electron chi connectivity index (χ2n) is 6.75. The predicted molar refractivity (Wildman–Crippen MR) is 116 cm³/mol. The Kier molecular flexibility index (Phi) is 8.02. The van der Waals surface area contributed by atoms with E-state index in [0.29, 0.717) is 37.1 Å². The van der Waals surface area contributed by atoms with E-state index in [4.69, 9.17) is 9.47 Å². The van der Waals surface area contributed by atoms with Crippen LogP contribution in [0.25, 0.3) is 0 Å². The minimum absolute atomic E-state index is 0. The second kappa shape index (κ2) is 9.18. The normalized spacial score (nSPS) is 18.4. The number of benzene rings is 1. The summed E-state index contributed by atoms with van der Waals surface area (Å²) in [5.41, 5.74) is 0.835. The number of phenols is 1. The maximum atomic E-state index is 12.2. The first kappa shape index (κ1) is 23.6. The van der Waals surface area contributed by atoms with Gasteiger partial charge in [-0.1, -0.05) is 0 Å². The van der Waals surface area contributed by atoms with Crippen LogP contribution in [0.1, 0.15) is 19.4 Å². The van der Waals surface area contributed by atoms with Gasteiger partial charge in [0.1, 0.15) is 0 Å². The molecule has 1 aliphatic heterocycles. The fourth-order valence-electron chi connectivity index (χ4n) is 2.89. The first-order valence-electron chi connectivity index (χ1n) is 8.27. The minimum atomic E-state index is -3.11. The summed E-state index contributed by atoms with van der Waals surface area (Å²) in [5.74, 6) is 1.31. The number of halogens is 1. The van der Waals surface area contributed by atoms with Crippen LogP contribution in [0.15, 0.2) is 17.1 Å². The lowest BCUT2D eigenvalue weighted by Gasteiger charge is -2.39. The van der Waals surface area contributed by atoms with Crippen LogP contribution in [-0.2, 0) is 16.4 Å². The smallest absolute Gasteiger partial charge is 0.200 e. The summed E-state index contributed by atoms with van der Waals surface area (Å²) in [6, 6.07) is 3.42. The van der Waals surface area contributed by atoms with Gasteiger partial charge in [-0.3, -0.25) is 4.99 Å². The van der Waals surface area contributed by atoms with Crippen molar-refractivity contribution in [3.05, 3.63) is 17.7 Å². The molecule has 0 saturated carbocycles. The SMILES string of the molecule is CN=C(NCc1cc(OC)c(O)c(OC)c1)N1CCS(=O)(=O)C(C)(C)C1.I. The predicted octanol–water partition coefficient (Wildman–Crippen LogP) is 1.61. The Balaban J connectivity index is 0.00000364. The number of nitrogens with one attached hydrogen (secondary N) is 1. The molecular formula is C17H28IN3O5S. The summed E-state index contributed by atoms with van der Waals surface area (Å²) >= 11 is 0. The molecule has 2 rings (SSSR count). The highest BCUT2D eigenvalue weighted by Gasteiger charge is 2.40. The Labute approximate surface area is 177 Å². The Morgan fingerprint density at radius 2 is 1.85 bits per heavy atom. The van der Waals surface area contributed by atoms with Crippen LogP contribution in [0.2, 0.25) is 0 Å². The first-order valence-corrected chi connectivity index (χ1v) is 9.92. The molecule has 0 spiro atoms. The fourth-order valence-corrected chi connectivity index (χ4v) is 4.25. The molecule has 8 nitrogen and oxygen atoms in total. The molecule has 1 aromatic carbocycles. The van der Waals surface area contributed by atoms with Crippen molar-refractivity contribution in [1.29, 1.82) is 0 Å². The van der Waals surface area contributed by atoms with E-state index in [9.17, 15) is 13.5 Å². The number of aliphatic imine (C=N–C) groups is 1. The molecule has 1 fully saturated rings. The molecule has 0 unspecified atom stereocenters. The van der Waals surface area contributed by atoms with Crippen molar-refractivity contribution in [2.75, 3.05) is 40.1 Å². The Morgan fingerprint density at radius 1 is 1.30 bits per heavy atom. The molecule has 0 amide bonds. The number of rotatable bonds is 4. The Bertz CT molecular complexity index is 771. The number of aromatic hydroxyl groups is 1. The average Bonchev–Trinajstić information content (AvgIpc) is 2.59. The van der Waals surface area contributed by atoms with Gasteiger partial charge in [0.05, 0.1) is 24.7 Å². The van der Waals surface area contributed by atoms with Crippen LogP contribution in [0.4, 0.5) is 0 Å². The van der Waals surface area contributed by atoms with Crippen molar-refractivity contribution in [1.82, 2.24) is 10.2 Å². The maximum Gasteiger partial charge on any atom is 0.200 e. The van der Waals surface area contributed by atoms with Gasteiger partial charge in [-0.05, 0) is 31.5 Å². The maximum absolute atomic E-state index is 12.2. The molecule has 1 aromatic rings. The summed E-state index contributed by atoms with van der Waals surface area (Å²) in [6.07, 6.45) is 0. The summed E-state index contributed by atoms with van der Waals surface area (Å²) in [7, 11) is 1.50. The lowest BCUT2D eigenvalue weighted by molar-refractivity contribution is 0.338. The number of hydrogen-bond donors (Lipinski definition) is 2. The van der Waals surface area contributed by atoms with Gasteiger partial charge in [0.15, 0.2) is 27.3 Å². The van der Waals surface area contributed by atoms with Crippen LogP contribution < -0.4 is 14.8 Å². The van der Waals surface area contributed by atoms with E-state index in [1.807, 2.05) is 4.90 Å². The standard InChI is InChI=1S/C17H27N3O5S.HI/c1-17(2)11-20(6-7-26(17,22)23)16(18-3)19-10-12-8-13(24-4)15(21)14(9-12)25-5;/h8-9,21H,6-7,10-11H2,1-5H3,(H,18,19);1H. The van der Waals surface area contributed by atoms with Gasteiger partial charge in [0.2, 0.25) is 5.75 Å². The third kappa shape index (κ3) is 5.09. The lowest BCUT2D eigenvalue weighted by atomic mass is 10.1. The van der Waals surface area contributed by atoms with Gasteiger partial charge in [0.25, 0.3) is 0 Å². The zero-order valence-corrected chi connectivity index (χ0v) is 19.4. The van der Waals surface area contributed by atoms with E-state index < -0.39 is 14.6 Å². The molecule has 1 heterocycles. The Morgan fingerprint density at radius 3 is 2.30 bits per heavy atom. The van der Waals surface area contributed by atoms with Gasteiger partial charge < -0.3 is 24.8 Å².